The fourth-order valence-corrected chi connectivity index (χ4v) is 2.83. The normalized spacial score (nSPS) is 15.9. The summed E-state index contributed by atoms with van der Waals surface area (Å²) in [6.45, 7) is 3.97. The van der Waals surface area contributed by atoms with Gasteiger partial charge in [0, 0.05) is 28.5 Å². The lowest BCUT2D eigenvalue weighted by atomic mass is 10.0. The molecule has 1 aromatic heterocycles. The van der Waals surface area contributed by atoms with E-state index < -0.39 is 6.03 Å². The van der Waals surface area contributed by atoms with E-state index in [1.54, 1.807) is 19.2 Å². The number of allylic oxidation sites excluding steroid dienone is 3. The standard InChI is InChI=1S/C20H22ClN5O2/c1-12-4-6-14(8-16(12)21)24-18-10-19(23-11-22-18)26-20(27)25-17-9-15(28-3)7-5-13(17)2/h5-12H,4H2,1-3H3,(H3,22,23,24,25,26,27). The number of hydrogen-bond acceptors (Lipinski definition) is 5. The lowest BCUT2D eigenvalue weighted by Gasteiger charge is -2.16. The van der Waals surface area contributed by atoms with Crippen LogP contribution in [-0.4, -0.2) is 23.1 Å². The van der Waals surface area contributed by atoms with Crippen LogP contribution in [0.5, 0.6) is 5.75 Å². The number of ether oxygens (including phenoxy) is 1. The minimum Gasteiger partial charge on any atom is -0.497 e. The third-order valence-corrected chi connectivity index (χ3v) is 4.81. The van der Waals surface area contributed by atoms with Gasteiger partial charge in [0.05, 0.1) is 7.11 Å². The molecule has 28 heavy (non-hydrogen) atoms. The van der Waals surface area contributed by atoms with Gasteiger partial charge in [-0.1, -0.05) is 30.7 Å². The summed E-state index contributed by atoms with van der Waals surface area (Å²) in [7, 11) is 1.58. The molecule has 0 saturated carbocycles. The largest absolute Gasteiger partial charge is 0.497 e. The van der Waals surface area contributed by atoms with Crippen molar-refractivity contribution in [3.63, 3.8) is 0 Å². The van der Waals surface area contributed by atoms with Crippen LogP contribution in [0.3, 0.4) is 0 Å². The monoisotopic (exact) mass is 399 g/mol. The Morgan fingerprint density at radius 2 is 2.00 bits per heavy atom. The zero-order chi connectivity index (χ0) is 20.1. The predicted molar refractivity (Wildman–Crippen MR) is 112 cm³/mol. The molecule has 1 aliphatic rings. The molecule has 1 unspecified atom stereocenters. The van der Waals surface area contributed by atoms with Crippen LogP contribution < -0.4 is 20.7 Å². The van der Waals surface area contributed by atoms with Crippen LogP contribution in [0, 0.1) is 12.8 Å². The molecule has 3 N–H and O–H groups in total. The molecule has 2 aromatic rings. The molecule has 1 atom stereocenters. The van der Waals surface area contributed by atoms with Gasteiger partial charge in [-0.15, -0.1) is 0 Å². The number of carbonyl (C=O) groups excluding carboxylic acids is 1. The Hall–Kier alpha value is -3.06. The van der Waals surface area contributed by atoms with E-state index in [-0.39, 0.29) is 0 Å². The van der Waals surface area contributed by atoms with E-state index in [2.05, 4.69) is 38.9 Å². The Morgan fingerprint density at radius 1 is 1.21 bits per heavy atom. The van der Waals surface area contributed by atoms with E-state index in [4.69, 9.17) is 16.3 Å². The highest BCUT2D eigenvalue weighted by Crippen LogP contribution is 2.27. The van der Waals surface area contributed by atoms with Crippen LogP contribution in [0.4, 0.5) is 22.1 Å². The molecule has 0 aliphatic heterocycles. The fourth-order valence-electron chi connectivity index (χ4n) is 2.63. The predicted octanol–water partition coefficient (Wildman–Crippen LogP) is 4.90. The molecule has 2 amide bonds. The fraction of sp³-hybridized carbons (Fsp3) is 0.250. The summed E-state index contributed by atoms with van der Waals surface area (Å²) in [4.78, 5) is 20.6. The number of nitrogens with one attached hydrogen (secondary N) is 3. The van der Waals surface area contributed by atoms with Crippen molar-refractivity contribution < 1.29 is 9.53 Å². The number of aromatic nitrogens is 2. The van der Waals surface area contributed by atoms with Crippen LogP contribution >= 0.6 is 11.6 Å². The number of amides is 2. The van der Waals surface area contributed by atoms with Crippen molar-refractivity contribution in [1.29, 1.82) is 0 Å². The zero-order valence-corrected chi connectivity index (χ0v) is 16.7. The Balaban J connectivity index is 1.65. The van der Waals surface area contributed by atoms with Gasteiger partial charge < -0.3 is 15.4 Å². The Kier molecular flexibility index (Phi) is 6.16. The highest BCUT2D eigenvalue weighted by atomic mass is 35.5. The van der Waals surface area contributed by atoms with E-state index in [1.807, 2.05) is 25.1 Å². The maximum atomic E-state index is 12.3. The molecule has 0 radical (unpaired) electrons. The second-order valence-electron chi connectivity index (χ2n) is 6.50. The summed E-state index contributed by atoms with van der Waals surface area (Å²) in [6, 6.07) is 6.71. The summed E-state index contributed by atoms with van der Waals surface area (Å²) < 4.78 is 5.19. The van der Waals surface area contributed by atoms with Gasteiger partial charge in [0.1, 0.15) is 23.7 Å². The lowest BCUT2D eigenvalue weighted by Crippen LogP contribution is -2.21. The number of rotatable bonds is 5. The van der Waals surface area contributed by atoms with Gasteiger partial charge in [-0.3, -0.25) is 5.32 Å². The van der Waals surface area contributed by atoms with Crippen LogP contribution in [0.1, 0.15) is 18.9 Å². The third-order valence-electron chi connectivity index (χ3n) is 4.33. The van der Waals surface area contributed by atoms with Gasteiger partial charge in [-0.05, 0) is 37.0 Å². The van der Waals surface area contributed by atoms with Gasteiger partial charge in [-0.25, -0.2) is 14.8 Å². The third kappa shape index (κ3) is 5.01. The summed E-state index contributed by atoms with van der Waals surface area (Å²) in [6.07, 6.45) is 6.18. The molecule has 1 aromatic carbocycles. The number of benzene rings is 1. The number of carbonyl (C=O) groups is 1. The first-order valence-electron chi connectivity index (χ1n) is 8.83. The average Bonchev–Trinajstić information content (AvgIpc) is 2.67. The first-order valence-corrected chi connectivity index (χ1v) is 9.21. The van der Waals surface area contributed by atoms with Crippen LogP contribution in [0.2, 0.25) is 0 Å². The molecular formula is C20H22ClN5O2. The second kappa shape index (κ2) is 8.75. The van der Waals surface area contributed by atoms with Crippen molar-refractivity contribution >= 4 is 35.0 Å². The number of aryl methyl sites for hydroxylation is 1. The maximum absolute atomic E-state index is 12.3. The quantitative estimate of drug-likeness (QED) is 0.665. The van der Waals surface area contributed by atoms with E-state index in [1.165, 1.54) is 6.33 Å². The summed E-state index contributed by atoms with van der Waals surface area (Å²) in [5.41, 5.74) is 2.44. The van der Waals surface area contributed by atoms with Gasteiger partial charge >= 0.3 is 6.03 Å². The van der Waals surface area contributed by atoms with E-state index in [9.17, 15) is 4.79 Å². The average molecular weight is 400 g/mol. The highest BCUT2D eigenvalue weighted by Gasteiger charge is 2.12. The van der Waals surface area contributed by atoms with E-state index in [0.717, 1.165) is 22.7 Å². The smallest absolute Gasteiger partial charge is 0.324 e. The molecule has 0 bridgehead atoms. The van der Waals surface area contributed by atoms with Crippen molar-refractivity contribution in [1.82, 2.24) is 9.97 Å². The molecule has 1 heterocycles. The molecule has 7 nitrogen and oxygen atoms in total. The summed E-state index contributed by atoms with van der Waals surface area (Å²) in [5.74, 6) is 1.91. The van der Waals surface area contributed by atoms with Crippen molar-refractivity contribution in [2.75, 3.05) is 23.1 Å². The number of anilines is 3. The van der Waals surface area contributed by atoms with Crippen molar-refractivity contribution in [3.05, 3.63) is 59.0 Å². The van der Waals surface area contributed by atoms with Gasteiger partial charge in [0.2, 0.25) is 0 Å². The molecular weight excluding hydrogens is 378 g/mol. The summed E-state index contributed by atoms with van der Waals surface area (Å²) in [5, 5.41) is 9.48. The van der Waals surface area contributed by atoms with Gasteiger partial charge in [0.25, 0.3) is 0 Å². The number of urea groups is 1. The Morgan fingerprint density at radius 3 is 2.75 bits per heavy atom. The minimum atomic E-state index is -0.408. The first kappa shape index (κ1) is 19.7. The topological polar surface area (TPSA) is 88.2 Å². The molecule has 0 spiro atoms. The Bertz CT molecular complexity index is 942. The van der Waals surface area contributed by atoms with Crippen molar-refractivity contribution in [3.8, 4) is 5.75 Å². The van der Waals surface area contributed by atoms with E-state index >= 15 is 0 Å². The van der Waals surface area contributed by atoms with Crippen LogP contribution in [-0.2, 0) is 0 Å². The van der Waals surface area contributed by atoms with Crippen LogP contribution in [0.25, 0.3) is 0 Å². The maximum Gasteiger partial charge on any atom is 0.324 e. The van der Waals surface area contributed by atoms with Gasteiger partial charge in [-0.2, -0.15) is 0 Å². The molecule has 0 fully saturated rings. The molecule has 3 rings (SSSR count). The zero-order valence-electron chi connectivity index (χ0n) is 15.9. The van der Waals surface area contributed by atoms with Crippen molar-refractivity contribution in [2.24, 2.45) is 5.92 Å². The highest BCUT2D eigenvalue weighted by molar-refractivity contribution is 6.30. The van der Waals surface area contributed by atoms with Crippen LogP contribution in [0.15, 0.2) is 53.5 Å². The second-order valence-corrected chi connectivity index (χ2v) is 6.94. The molecule has 1 aliphatic carbocycles. The number of halogens is 1. The molecule has 146 valence electrons. The molecule has 8 heteroatoms. The minimum absolute atomic E-state index is 0.318. The van der Waals surface area contributed by atoms with Crippen molar-refractivity contribution in [2.45, 2.75) is 20.3 Å². The number of hydrogen-bond donors (Lipinski definition) is 3. The lowest BCUT2D eigenvalue weighted by molar-refractivity contribution is 0.262. The number of methoxy groups -OCH3 is 1. The molecule has 0 saturated heterocycles. The number of nitrogens with zero attached hydrogens (tertiary/aromatic N) is 2. The SMILES string of the molecule is COc1ccc(C)c(NC(=O)Nc2cc(NC3=CCC(C)C(Cl)=C3)ncn2)c1. The Labute approximate surface area is 168 Å². The first-order chi connectivity index (χ1) is 13.4. The summed E-state index contributed by atoms with van der Waals surface area (Å²) >= 11 is 6.21. The van der Waals surface area contributed by atoms with Gasteiger partial charge in [0.15, 0.2) is 0 Å². The van der Waals surface area contributed by atoms with E-state index in [0.29, 0.717) is 29.0 Å².